The average molecular weight is 488 g/mol. The number of amides is 1. The van der Waals surface area contributed by atoms with E-state index in [1.54, 1.807) is 29.2 Å². The molecule has 0 aliphatic carbocycles. The molecule has 0 bridgehead atoms. The fourth-order valence-corrected chi connectivity index (χ4v) is 5.25. The maximum atomic E-state index is 12.9. The van der Waals surface area contributed by atoms with E-state index in [4.69, 9.17) is 11.6 Å². The summed E-state index contributed by atoms with van der Waals surface area (Å²) in [5.41, 5.74) is 0.709. The average Bonchev–Trinajstić information content (AvgIpc) is 2.67. The largest absolute Gasteiger partial charge is 0.337 e. The van der Waals surface area contributed by atoms with E-state index in [-0.39, 0.29) is 47.8 Å². The first-order valence-electron chi connectivity index (χ1n) is 8.45. The molecule has 0 N–H and O–H groups in total. The van der Waals surface area contributed by atoms with Gasteiger partial charge in [-0.15, -0.1) is 0 Å². The first kappa shape index (κ1) is 21.0. The van der Waals surface area contributed by atoms with Crippen LogP contribution in [-0.2, 0) is 14.8 Å². The second-order valence-electron chi connectivity index (χ2n) is 6.19. The molecule has 1 saturated heterocycles. The van der Waals surface area contributed by atoms with Crippen LogP contribution in [0.2, 0.25) is 5.02 Å². The molecule has 1 fully saturated rings. The summed E-state index contributed by atoms with van der Waals surface area (Å²) in [4.78, 5) is 14.0. The molecule has 0 atom stereocenters. The van der Waals surface area contributed by atoms with Crippen LogP contribution < -0.4 is 0 Å². The molecule has 5 nitrogen and oxygen atoms in total. The molecule has 9 heteroatoms. The lowest BCUT2D eigenvalue weighted by molar-refractivity contribution is -0.127. The van der Waals surface area contributed by atoms with Gasteiger partial charge in [-0.25, -0.2) is 12.8 Å². The molecule has 0 aromatic heterocycles. The number of hydrogen-bond donors (Lipinski definition) is 0. The molecular formula is C19H17BrClFN2O3S. The van der Waals surface area contributed by atoms with Gasteiger partial charge in [0.15, 0.2) is 0 Å². The summed E-state index contributed by atoms with van der Waals surface area (Å²) in [5, 5.41) is 0.148. The molecule has 2 aromatic rings. The van der Waals surface area contributed by atoms with Gasteiger partial charge < -0.3 is 4.90 Å². The van der Waals surface area contributed by atoms with E-state index in [1.165, 1.54) is 34.6 Å². The van der Waals surface area contributed by atoms with Crippen molar-refractivity contribution < 1.29 is 17.6 Å². The molecule has 1 aliphatic rings. The molecule has 28 heavy (non-hydrogen) atoms. The van der Waals surface area contributed by atoms with Crippen LogP contribution in [0, 0.1) is 5.82 Å². The molecular weight excluding hydrogens is 471 g/mol. The number of sulfonamides is 1. The Labute approximate surface area is 176 Å². The van der Waals surface area contributed by atoms with Gasteiger partial charge in [-0.05, 0) is 42.0 Å². The van der Waals surface area contributed by atoms with Crippen LogP contribution in [0.25, 0.3) is 6.08 Å². The predicted octanol–water partition coefficient (Wildman–Crippen LogP) is 3.79. The number of hydrogen-bond acceptors (Lipinski definition) is 3. The van der Waals surface area contributed by atoms with E-state index >= 15 is 0 Å². The van der Waals surface area contributed by atoms with Crippen LogP contribution in [0.4, 0.5) is 4.39 Å². The summed E-state index contributed by atoms with van der Waals surface area (Å²) < 4.78 is 40.6. The maximum Gasteiger partial charge on any atom is 0.246 e. The molecule has 0 radical (unpaired) electrons. The molecule has 148 valence electrons. The van der Waals surface area contributed by atoms with Crippen molar-refractivity contribution in [1.82, 2.24) is 9.21 Å². The summed E-state index contributed by atoms with van der Waals surface area (Å²) in [7, 11) is -3.73. The van der Waals surface area contributed by atoms with E-state index in [2.05, 4.69) is 15.9 Å². The van der Waals surface area contributed by atoms with Gasteiger partial charge in [0.1, 0.15) is 10.7 Å². The van der Waals surface area contributed by atoms with Gasteiger partial charge in [0, 0.05) is 36.7 Å². The third kappa shape index (κ3) is 4.81. The van der Waals surface area contributed by atoms with Crippen LogP contribution in [0.3, 0.4) is 0 Å². The molecule has 0 spiro atoms. The zero-order chi connectivity index (χ0) is 20.3. The monoisotopic (exact) mass is 486 g/mol. The lowest BCUT2D eigenvalue weighted by Gasteiger charge is -2.33. The topological polar surface area (TPSA) is 57.7 Å². The van der Waals surface area contributed by atoms with Crippen molar-refractivity contribution in [1.29, 1.82) is 0 Å². The Kier molecular flexibility index (Phi) is 6.54. The molecule has 2 aromatic carbocycles. The van der Waals surface area contributed by atoms with Crippen molar-refractivity contribution in [2.45, 2.75) is 4.90 Å². The van der Waals surface area contributed by atoms with E-state index < -0.39 is 10.0 Å². The fourth-order valence-electron chi connectivity index (χ4n) is 2.82. The Morgan fingerprint density at radius 2 is 1.71 bits per heavy atom. The normalized spacial score (nSPS) is 15.9. The fraction of sp³-hybridized carbons (Fsp3) is 0.211. The van der Waals surface area contributed by atoms with E-state index in [9.17, 15) is 17.6 Å². The second kappa shape index (κ2) is 8.73. The molecule has 0 saturated carbocycles. The van der Waals surface area contributed by atoms with Crippen molar-refractivity contribution in [3.63, 3.8) is 0 Å². The minimum Gasteiger partial charge on any atom is -0.337 e. The number of carbonyl (C=O) groups excluding carboxylic acids is 1. The van der Waals surface area contributed by atoms with Gasteiger partial charge in [-0.2, -0.15) is 4.31 Å². The SMILES string of the molecule is O=C(/C=C/c1ccc(F)cc1)N1CCN(S(=O)(=O)c2ccc(Br)cc2Cl)CC1. The lowest BCUT2D eigenvalue weighted by Crippen LogP contribution is -2.50. The molecule has 3 rings (SSSR count). The zero-order valence-corrected chi connectivity index (χ0v) is 17.8. The Morgan fingerprint density at radius 3 is 2.32 bits per heavy atom. The van der Waals surface area contributed by atoms with E-state index in [0.29, 0.717) is 10.0 Å². The van der Waals surface area contributed by atoms with Gasteiger partial charge >= 0.3 is 0 Å². The number of benzene rings is 2. The molecule has 1 aliphatic heterocycles. The zero-order valence-electron chi connectivity index (χ0n) is 14.7. The molecule has 0 unspecified atom stereocenters. The van der Waals surface area contributed by atoms with E-state index in [1.807, 2.05) is 0 Å². The highest BCUT2D eigenvalue weighted by Gasteiger charge is 2.31. The summed E-state index contributed by atoms with van der Waals surface area (Å²) in [5.74, 6) is -0.560. The highest BCUT2D eigenvalue weighted by Crippen LogP contribution is 2.28. The summed E-state index contributed by atoms with van der Waals surface area (Å²) in [6.07, 6.45) is 3.01. The lowest BCUT2D eigenvalue weighted by atomic mass is 10.2. The number of nitrogens with zero attached hydrogens (tertiary/aromatic N) is 2. The number of carbonyl (C=O) groups is 1. The van der Waals surface area contributed by atoms with Crippen molar-refractivity contribution in [3.8, 4) is 0 Å². The van der Waals surface area contributed by atoms with Crippen LogP contribution >= 0.6 is 27.5 Å². The summed E-state index contributed by atoms with van der Waals surface area (Å²) >= 11 is 9.34. The van der Waals surface area contributed by atoms with E-state index in [0.717, 1.165) is 0 Å². The third-order valence-corrected chi connectivity index (χ3v) is 7.23. The standard InChI is InChI=1S/C19H17BrClFN2O3S/c20-15-4-7-18(17(21)13-15)28(26,27)24-11-9-23(10-12-24)19(25)8-3-14-1-5-16(22)6-2-14/h1-8,13H,9-12H2/b8-3+. The van der Waals surface area contributed by atoms with Gasteiger partial charge in [-0.3, -0.25) is 4.79 Å². The molecule has 1 heterocycles. The number of rotatable bonds is 4. The smallest absolute Gasteiger partial charge is 0.246 e. The van der Waals surface area contributed by atoms with Crippen LogP contribution in [-0.4, -0.2) is 49.7 Å². The van der Waals surface area contributed by atoms with Gasteiger partial charge in [-0.1, -0.05) is 39.7 Å². The predicted molar refractivity (Wildman–Crippen MR) is 110 cm³/mol. The third-order valence-electron chi connectivity index (χ3n) is 4.35. The van der Waals surface area contributed by atoms with Crippen molar-refractivity contribution in [3.05, 3.63) is 69.4 Å². The van der Waals surface area contributed by atoms with Crippen molar-refractivity contribution >= 4 is 49.5 Å². The second-order valence-corrected chi connectivity index (χ2v) is 9.42. The van der Waals surface area contributed by atoms with Crippen molar-refractivity contribution in [2.75, 3.05) is 26.2 Å². The summed E-state index contributed by atoms with van der Waals surface area (Å²) in [6.45, 7) is 0.926. The Hall–Kier alpha value is -1.74. The number of halogens is 3. The van der Waals surface area contributed by atoms with Gasteiger partial charge in [0.2, 0.25) is 15.9 Å². The highest BCUT2D eigenvalue weighted by atomic mass is 79.9. The minimum absolute atomic E-state index is 0.0494. The van der Waals surface area contributed by atoms with Gasteiger partial charge in [0.25, 0.3) is 0 Å². The first-order chi connectivity index (χ1) is 13.3. The van der Waals surface area contributed by atoms with Crippen LogP contribution in [0.15, 0.2) is 57.9 Å². The number of piperazine rings is 1. The first-order valence-corrected chi connectivity index (χ1v) is 11.1. The van der Waals surface area contributed by atoms with Crippen molar-refractivity contribution in [2.24, 2.45) is 0 Å². The Balaban J connectivity index is 1.63. The highest BCUT2D eigenvalue weighted by molar-refractivity contribution is 9.10. The van der Waals surface area contributed by atoms with Gasteiger partial charge in [0.05, 0.1) is 5.02 Å². The minimum atomic E-state index is -3.73. The maximum absolute atomic E-state index is 12.9. The molecule has 1 amide bonds. The summed E-state index contributed by atoms with van der Waals surface area (Å²) in [6, 6.07) is 10.4. The Bertz CT molecular complexity index is 1000. The van der Waals surface area contributed by atoms with Crippen LogP contribution in [0.5, 0.6) is 0 Å². The Morgan fingerprint density at radius 1 is 1.07 bits per heavy atom. The van der Waals surface area contributed by atoms with Crippen LogP contribution in [0.1, 0.15) is 5.56 Å². The quantitative estimate of drug-likeness (QED) is 0.617.